The van der Waals surface area contributed by atoms with Crippen LogP contribution >= 0.6 is 0 Å². The Hall–Kier alpha value is -3.88. The van der Waals surface area contributed by atoms with Gasteiger partial charge in [-0.15, -0.1) is 0 Å². The van der Waals surface area contributed by atoms with Gasteiger partial charge in [0.1, 0.15) is 28.5 Å². The number of hydrogen-bond donors (Lipinski definition) is 1. The van der Waals surface area contributed by atoms with Crippen LogP contribution in [0.3, 0.4) is 0 Å². The standard InChI is InChI=1S/C22H23N3O6/c1-12-13(2)31-14(3)17(12)21(28)30-11-16(26)18-19(23)25(22(29)24(4)20(18)27)10-15-8-6-5-7-9-15/h5-9H,10-11,23H2,1-4H3. The van der Waals surface area contributed by atoms with E-state index in [4.69, 9.17) is 14.9 Å². The minimum absolute atomic E-state index is 0.0758. The Balaban J connectivity index is 1.91. The van der Waals surface area contributed by atoms with Gasteiger partial charge in [-0.05, 0) is 26.3 Å². The summed E-state index contributed by atoms with van der Waals surface area (Å²) >= 11 is 0. The molecule has 0 aliphatic heterocycles. The van der Waals surface area contributed by atoms with Gasteiger partial charge in [0, 0.05) is 12.6 Å². The second-order valence-corrected chi connectivity index (χ2v) is 7.19. The molecule has 2 N–H and O–H groups in total. The van der Waals surface area contributed by atoms with Gasteiger partial charge in [0.15, 0.2) is 6.61 Å². The summed E-state index contributed by atoms with van der Waals surface area (Å²) in [5, 5.41) is 0. The second kappa shape index (κ2) is 8.47. The topological polar surface area (TPSA) is 127 Å². The highest BCUT2D eigenvalue weighted by Gasteiger charge is 2.25. The largest absolute Gasteiger partial charge is 0.465 e. The SMILES string of the molecule is Cc1oc(C)c(C(=O)OCC(=O)c2c(N)n(Cc3ccccc3)c(=O)n(C)c2=O)c1C. The van der Waals surface area contributed by atoms with Crippen molar-refractivity contribution in [1.29, 1.82) is 0 Å². The lowest BCUT2D eigenvalue weighted by molar-refractivity contribution is 0.0471. The van der Waals surface area contributed by atoms with E-state index in [1.807, 2.05) is 6.07 Å². The van der Waals surface area contributed by atoms with Gasteiger partial charge in [0.05, 0.1) is 6.54 Å². The zero-order valence-electron chi connectivity index (χ0n) is 17.7. The van der Waals surface area contributed by atoms with Gasteiger partial charge in [-0.1, -0.05) is 30.3 Å². The molecule has 0 atom stereocenters. The molecule has 0 saturated carbocycles. The highest BCUT2D eigenvalue weighted by atomic mass is 16.5. The number of benzene rings is 1. The summed E-state index contributed by atoms with van der Waals surface area (Å²) in [4.78, 5) is 50.3. The number of ether oxygens (including phenoxy) is 1. The number of aryl methyl sites for hydroxylation is 2. The van der Waals surface area contributed by atoms with Crippen LogP contribution in [0.15, 0.2) is 44.3 Å². The van der Waals surface area contributed by atoms with Gasteiger partial charge in [0.25, 0.3) is 5.56 Å². The molecule has 0 saturated heterocycles. The molecule has 9 heteroatoms. The van der Waals surface area contributed by atoms with Crippen molar-refractivity contribution in [3.8, 4) is 0 Å². The van der Waals surface area contributed by atoms with Crippen LogP contribution in [0.25, 0.3) is 0 Å². The zero-order chi connectivity index (χ0) is 22.9. The molecular formula is C22H23N3O6. The number of rotatable bonds is 6. The maximum absolute atomic E-state index is 12.8. The van der Waals surface area contributed by atoms with E-state index in [0.29, 0.717) is 17.1 Å². The third-order valence-electron chi connectivity index (χ3n) is 5.15. The molecule has 0 spiro atoms. The first-order valence-electron chi connectivity index (χ1n) is 9.53. The van der Waals surface area contributed by atoms with Crippen molar-refractivity contribution in [3.63, 3.8) is 0 Å². The van der Waals surface area contributed by atoms with Crippen LogP contribution in [0, 0.1) is 20.8 Å². The number of anilines is 1. The second-order valence-electron chi connectivity index (χ2n) is 7.19. The summed E-state index contributed by atoms with van der Waals surface area (Å²) < 4.78 is 12.5. The molecule has 0 radical (unpaired) electrons. The number of ketones is 1. The van der Waals surface area contributed by atoms with Crippen molar-refractivity contribution < 1.29 is 18.7 Å². The van der Waals surface area contributed by atoms with E-state index < -0.39 is 35.2 Å². The maximum Gasteiger partial charge on any atom is 0.342 e. The molecule has 0 fully saturated rings. The molecule has 9 nitrogen and oxygen atoms in total. The highest BCUT2D eigenvalue weighted by Crippen LogP contribution is 2.21. The van der Waals surface area contributed by atoms with E-state index in [2.05, 4.69) is 0 Å². The smallest absolute Gasteiger partial charge is 0.342 e. The van der Waals surface area contributed by atoms with Crippen LogP contribution in [0.2, 0.25) is 0 Å². The average molecular weight is 425 g/mol. The van der Waals surface area contributed by atoms with Gasteiger partial charge < -0.3 is 14.9 Å². The summed E-state index contributed by atoms with van der Waals surface area (Å²) in [5.74, 6) is -0.873. The molecule has 1 aromatic carbocycles. The number of carbonyl (C=O) groups is 2. The quantitative estimate of drug-likeness (QED) is 0.471. The molecule has 0 amide bonds. The van der Waals surface area contributed by atoms with Crippen molar-refractivity contribution in [1.82, 2.24) is 9.13 Å². The number of aromatic nitrogens is 2. The summed E-state index contributed by atoms with van der Waals surface area (Å²) in [7, 11) is 1.26. The van der Waals surface area contributed by atoms with Crippen LogP contribution < -0.4 is 17.0 Å². The van der Waals surface area contributed by atoms with E-state index in [0.717, 1.165) is 14.7 Å². The lowest BCUT2D eigenvalue weighted by Crippen LogP contribution is -2.43. The van der Waals surface area contributed by atoms with Crippen molar-refractivity contribution in [2.75, 3.05) is 12.3 Å². The molecule has 3 aromatic rings. The Morgan fingerprint density at radius 2 is 1.68 bits per heavy atom. The number of nitrogens with zero attached hydrogens (tertiary/aromatic N) is 2. The van der Waals surface area contributed by atoms with Crippen molar-refractivity contribution in [2.24, 2.45) is 7.05 Å². The molecule has 0 bridgehead atoms. The minimum atomic E-state index is -0.848. The number of furan rings is 1. The molecule has 0 aliphatic rings. The van der Waals surface area contributed by atoms with Gasteiger partial charge in [-0.25, -0.2) is 9.59 Å². The van der Waals surface area contributed by atoms with Crippen molar-refractivity contribution in [2.45, 2.75) is 27.3 Å². The summed E-state index contributed by atoms with van der Waals surface area (Å²) in [5.41, 5.74) is 5.76. The zero-order valence-corrected chi connectivity index (χ0v) is 17.7. The third-order valence-corrected chi connectivity index (χ3v) is 5.15. The highest BCUT2D eigenvalue weighted by molar-refractivity contribution is 6.02. The Bertz CT molecular complexity index is 1280. The number of nitrogen functional groups attached to an aromatic ring is 1. The fourth-order valence-electron chi connectivity index (χ4n) is 3.33. The van der Waals surface area contributed by atoms with Gasteiger partial charge in [-0.2, -0.15) is 0 Å². The fraction of sp³-hybridized carbons (Fsp3) is 0.273. The Kier molecular flexibility index (Phi) is 5.96. The number of nitrogens with two attached hydrogens (primary N) is 1. The third kappa shape index (κ3) is 4.07. The van der Waals surface area contributed by atoms with Crippen LogP contribution in [0.1, 0.15) is 43.4 Å². The number of carbonyl (C=O) groups excluding carboxylic acids is 2. The first-order chi connectivity index (χ1) is 14.6. The van der Waals surface area contributed by atoms with Crippen LogP contribution in [-0.4, -0.2) is 27.5 Å². The number of Topliss-reactive ketones (excluding diaryl/α,β-unsaturated/α-hetero) is 1. The van der Waals surface area contributed by atoms with Gasteiger partial charge >= 0.3 is 11.7 Å². The van der Waals surface area contributed by atoms with Gasteiger partial charge in [-0.3, -0.25) is 18.7 Å². The fourth-order valence-corrected chi connectivity index (χ4v) is 3.33. The van der Waals surface area contributed by atoms with E-state index >= 15 is 0 Å². The lowest BCUT2D eigenvalue weighted by Gasteiger charge is -2.14. The van der Waals surface area contributed by atoms with E-state index in [1.165, 1.54) is 7.05 Å². The van der Waals surface area contributed by atoms with Crippen molar-refractivity contribution >= 4 is 17.6 Å². The van der Waals surface area contributed by atoms with Crippen LogP contribution in [-0.2, 0) is 18.3 Å². The lowest BCUT2D eigenvalue weighted by atomic mass is 10.1. The Morgan fingerprint density at radius 3 is 2.26 bits per heavy atom. The number of hydrogen-bond acceptors (Lipinski definition) is 7. The molecule has 3 rings (SSSR count). The predicted molar refractivity (Wildman–Crippen MR) is 113 cm³/mol. The minimum Gasteiger partial charge on any atom is -0.465 e. The maximum atomic E-state index is 12.8. The predicted octanol–water partition coefficient (Wildman–Crippen LogP) is 1.74. The van der Waals surface area contributed by atoms with Gasteiger partial charge in [0.2, 0.25) is 5.78 Å². The average Bonchev–Trinajstić information content (AvgIpc) is 3.00. The molecule has 2 aromatic heterocycles. The van der Waals surface area contributed by atoms with Crippen LogP contribution in [0.4, 0.5) is 5.82 Å². The van der Waals surface area contributed by atoms with E-state index in [1.54, 1.807) is 45.0 Å². The first-order valence-corrected chi connectivity index (χ1v) is 9.53. The summed E-state index contributed by atoms with van der Waals surface area (Å²) in [6, 6.07) is 9.00. The Labute approximate surface area is 177 Å². The monoisotopic (exact) mass is 425 g/mol. The summed E-state index contributed by atoms with van der Waals surface area (Å²) in [6.45, 7) is 4.41. The molecule has 2 heterocycles. The Morgan fingerprint density at radius 1 is 1.03 bits per heavy atom. The van der Waals surface area contributed by atoms with E-state index in [-0.39, 0.29) is 17.9 Å². The van der Waals surface area contributed by atoms with Crippen molar-refractivity contribution in [3.05, 3.63) is 84.9 Å². The molecule has 31 heavy (non-hydrogen) atoms. The molecule has 162 valence electrons. The normalized spacial score (nSPS) is 10.8. The number of esters is 1. The van der Waals surface area contributed by atoms with E-state index in [9.17, 15) is 19.2 Å². The first kappa shape index (κ1) is 21.8. The molecule has 0 aliphatic carbocycles. The molecular weight excluding hydrogens is 402 g/mol. The molecule has 0 unspecified atom stereocenters. The summed E-state index contributed by atoms with van der Waals surface area (Å²) in [6.07, 6.45) is 0. The van der Waals surface area contributed by atoms with Crippen LogP contribution in [0.5, 0.6) is 0 Å².